The van der Waals surface area contributed by atoms with Gasteiger partial charge in [-0.3, -0.25) is 9.59 Å². The summed E-state index contributed by atoms with van der Waals surface area (Å²) in [5, 5.41) is 12.9. The van der Waals surface area contributed by atoms with Gasteiger partial charge in [-0.1, -0.05) is 12.6 Å². The summed E-state index contributed by atoms with van der Waals surface area (Å²) in [6.45, 7) is 3.91. The van der Waals surface area contributed by atoms with Crippen molar-refractivity contribution < 1.29 is 19.4 Å². The van der Waals surface area contributed by atoms with E-state index in [1.807, 2.05) is 23.1 Å². The molecule has 0 bridgehead atoms. The minimum absolute atomic E-state index is 0.0991. The van der Waals surface area contributed by atoms with Gasteiger partial charge in [0.2, 0.25) is 5.91 Å². The number of rotatable bonds is 4. The molecule has 0 aromatic heterocycles. The zero-order valence-corrected chi connectivity index (χ0v) is 15.7. The standard InChI is InChI=1S/C22H22N2O4/c1-3-20(26)23-16-5-7-19(25)18(11-16)21(27)24-13-14-4-6-17(28-2)10-15(14)12-22(24)8-9-22/h3-7,10-11,25H,1,8-9,12-13H2,2H3,(H,23,26). The smallest absolute Gasteiger partial charge is 0.258 e. The number of benzene rings is 2. The van der Waals surface area contributed by atoms with Crippen molar-refractivity contribution in [3.05, 3.63) is 65.7 Å². The van der Waals surface area contributed by atoms with Gasteiger partial charge in [-0.25, -0.2) is 0 Å². The lowest BCUT2D eigenvalue weighted by molar-refractivity contribution is -0.111. The van der Waals surface area contributed by atoms with E-state index in [1.165, 1.54) is 17.7 Å². The Morgan fingerprint density at radius 1 is 1.21 bits per heavy atom. The fraction of sp³-hybridized carbons (Fsp3) is 0.273. The van der Waals surface area contributed by atoms with Crippen LogP contribution >= 0.6 is 0 Å². The van der Waals surface area contributed by atoms with Gasteiger partial charge in [0.15, 0.2) is 0 Å². The summed E-state index contributed by atoms with van der Waals surface area (Å²) in [6, 6.07) is 10.4. The maximum atomic E-state index is 13.3. The Hall–Kier alpha value is -3.28. The second-order valence-electron chi connectivity index (χ2n) is 7.35. The molecular formula is C22H22N2O4. The minimum Gasteiger partial charge on any atom is -0.507 e. The van der Waals surface area contributed by atoms with Crippen molar-refractivity contribution in [3.63, 3.8) is 0 Å². The third-order valence-electron chi connectivity index (χ3n) is 5.59. The van der Waals surface area contributed by atoms with Crippen LogP contribution in [0.15, 0.2) is 49.1 Å². The van der Waals surface area contributed by atoms with Crippen molar-refractivity contribution in [2.45, 2.75) is 31.3 Å². The number of hydrogen-bond acceptors (Lipinski definition) is 4. The predicted octanol–water partition coefficient (Wildman–Crippen LogP) is 3.26. The molecule has 2 aromatic rings. The molecule has 28 heavy (non-hydrogen) atoms. The molecule has 2 N–H and O–H groups in total. The first-order valence-electron chi connectivity index (χ1n) is 9.20. The zero-order chi connectivity index (χ0) is 19.9. The third kappa shape index (κ3) is 3.11. The number of fused-ring (bicyclic) bond motifs is 1. The van der Waals surface area contributed by atoms with Crippen molar-refractivity contribution in [2.24, 2.45) is 0 Å². The van der Waals surface area contributed by atoms with Crippen LogP contribution in [-0.4, -0.2) is 34.5 Å². The second kappa shape index (κ2) is 6.71. The number of aromatic hydroxyl groups is 1. The second-order valence-corrected chi connectivity index (χ2v) is 7.35. The number of nitrogens with zero attached hydrogens (tertiary/aromatic N) is 1. The molecular weight excluding hydrogens is 356 g/mol. The van der Waals surface area contributed by atoms with Crippen molar-refractivity contribution in [1.29, 1.82) is 0 Å². The van der Waals surface area contributed by atoms with Crippen molar-refractivity contribution >= 4 is 17.5 Å². The number of carbonyl (C=O) groups is 2. The van der Waals surface area contributed by atoms with Crippen LogP contribution in [0.5, 0.6) is 11.5 Å². The number of nitrogens with one attached hydrogen (secondary N) is 1. The molecule has 6 heteroatoms. The molecule has 0 atom stereocenters. The van der Waals surface area contributed by atoms with E-state index in [2.05, 4.69) is 11.9 Å². The number of carbonyl (C=O) groups excluding carboxylic acids is 2. The number of ether oxygens (including phenoxy) is 1. The van der Waals surface area contributed by atoms with Crippen LogP contribution in [0.2, 0.25) is 0 Å². The van der Waals surface area contributed by atoms with E-state index in [4.69, 9.17) is 4.74 Å². The molecule has 1 fully saturated rings. The number of hydrogen-bond donors (Lipinski definition) is 2. The first kappa shape index (κ1) is 18.1. The van der Waals surface area contributed by atoms with Gasteiger partial charge in [0.25, 0.3) is 5.91 Å². The molecule has 2 aromatic carbocycles. The van der Waals surface area contributed by atoms with E-state index in [-0.39, 0.29) is 28.7 Å². The van der Waals surface area contributed by atoms with Gasteiger partial charge in [-0.05, 0) is 66.8 Å². The van der Waals surface area contributed by atoms with Crippen LogP contribution in [-0.2, 0) is 17.8 Å². The lowest BCUT2D eigenvalue weighted by Crippen LogP contribution is -2.46. The number of phenols is 1. The van der Waals surface area contributed by atoms with Gasteiger partial charge in [-0.15, -0.1) is 0 Å². The van der Waals surface area contributed by atoms with Crippen LogP contribution in [0.25, 0.3) is 0 Å². The first-order chi connectivity index (χ1) is 13.5. The Morgan fingerprint density at radius 2 is 2.00 bits per heavy atom. The average Bonchev–Trinajstić information content (AvgIpc) is 3.47. The number of phenolic OH excluding ortho intramolecular Hbond substituents is 1. The van der Waals surface area contributed by atoms with Gasteiger partial charge in [-0.2, -0.15) is 0 Å². The maximum Gasteiger partial charge on any atom is 0.258 e. The molecule has 1 spiro atoms. The van der Waals surface area contributed by atoms with Crippen LogP contribution in [0, 0.1) is 0 Å². The molecule has 6 nitrogen and oxygen atoms in total. The van der Waals surface area contributed by atoms with Crippen LogP contribution in [0.1, 0.15) is 34.3 Å². The fourth-order valence-electron chi connectivity index (χ4n) is 3.84. The van der Waals surface area contributed by atoms with E-state index in [1.54, 1.807) is 13.2 Å². The minimum atomic E-state index is -0.372. The summed E-state index contributed by atoms with van der Waals surface area (Å²) in [4.78, 5) is 26.7. The highest BCUT2D eigenvalue weighted by atomic mass is 16.5. The normalized spacial score (nSPS) is 16.2. The van der Waals surface area contributed by atoms with Gasteiger partial charge in [0.1, 0.15) is 11.5 Å². The van der Waals surface area contributed by atoms with Crippen molar-refractivity contribution in [2.75, 3.05) is 12.4 Å². The summed E-state index contributed by atoms with van der Waals surface area (Å²) in [7, 11) is 1.65. The summed E-state index contributed by atoms with van der Waals surface area (Å²) >= 11 is 0. The van der Waals surface area contributed by atoms with E-state index in [0.29, 0.717) is 12.2 Å². The first-order valence-corrected chi connectivity index (χ1v) is 9.20. The predicted molar refractivity (Wildman–Crippen MR) is 105 cm³/mol. The van der Waals surface area contributed by atoms with Gasteiger partial charge in [0.05, 0.1) is 12.7 Å². The van der Waals surface area contributed by atoms with E-state index in [0.717, 1.165) is 36.7 Å². The number of methoxy groups -OCH3 is 1. The summed E-state index contributed by atoms with van der Waals surface area (Å²) in [5.41, 5.74) is 2.71. The van der Waals surface area contributed by atoms with E-state index < -0.39 is 0 Å². The highest BCUT2D eigenvalue weighted by Gasteiger charge is 2.52. The molecule has 1 aliphatic heterocycles. The molecule has 1 aliphatic carbocycles. The maximum absolute atomic E-state index is 13.3. The monoisotopic (exact) mass is 378 g/mol. The number of anilines is 1. The zero-order valence-electron chi connectivity index (χ0n) is 15.7. The molecule has 0 radical (unpaired) electrons. The lowest BCUT2D eigenvalue weighted by Gasteiger charge is -2.38. The Bertz CT molecular complexity index is 978. The highest BCUT2D eigenvalue weighted by molar-refractivity contribution is 6.02. The molecule has 2 amide bonds. The SMILES string of the molecule is C=CC(=O)Nc1ccc(O)c(C(=O)N2Cc3ccc(OC)cc3CC23CC3)c1. The van der Waals surface area contributed by atoms with E-state index >= 15 is 0 Å². The summed E-state index contributed by atoms with van der Waals surface area (Å²) in [6.07, 6.45) is 3.80. The van der Waals surface area contributed by atoms with Crippen LogP contribution in [0.4, 0.5) is 5.69 Å². The summed E-state index contributed by atoms with van der Waals surface area (Å²) in [5.74, 6) is 0.116. The Balaban J connectivity index is 1.65. The molecule has 0 saturated heterocycles. The van der Waals surface area contributed by atoms with E-state index in [9.17, 15) is 14.7 Å². The number of amides is 2. The van der Waals surface area contributed by atoms with Gasteiger partial charge >= 0.3 is 0 Å². The highest BCUT2D eigenvalue weighted by Crippen LogP contribution is 2.49. The van der Waals surface area contributed by atoms with Crippen LogP contribution in [0.3, 0.4) is 0 Å². The largest absolute Gasteiger partial charge is 0.507 e. The van der Waals surface area contributed by atoms with Crippen molar-refractivity contribution in [1.82, 2.24) is 4.90 Å². The fourth-order valence-corrected chi connectivity index (χ4v) is 3.84. The Kier molecular flexibility index (Phi) is 4.34. The molecule has 0 unspecified atom stereocenters. The Labute approximate surface area is 163 Å². The lowest BCUT2D eigenvalue weighted by atomic mass is 9.91. The summed E-state index contributed by atoms with van der Waals surface area (Å²) < 4.78 is 5.33. The average molecular weight is 378 g/mol. The topological polar surface area (TPSA) is 78.9 Å². The molecule has 1 heterocycles. The van der Waals surface area contributed by atoms with Crippen LogP contribution < -0.4 is 10.1 Å². The third-order valence-corrected chi connectivity index (χ3v) is 5.59. The quantitative estimate of drug-likeness (QED) is 0.632. The molecule has 1 saturated carbocycles. The van der Waals surface area contributed by atoms with Crippen molar-refractivity contribution in [3.8, 4) is 11.5 Å². The Morgan fingerprint density at radius 3 is 2.68 bits per heavy atom. The molecule has 2 aliphatic rings. The van der Waals surface area contributed by atoms with Gasteiger partial charge in [0, 0.05) is 17.8 Å². The molecule has 144 valence electrons. The molecule has 4 rings (SSSR count). The van der Waals surface area contributed by atoms with Gasteiger partial charge < -0.3 is 20.1 Å².